The molecule has 0 amide bonds. The summed E-state index contributed by atoms with van der Waals surface area (Å²) in [7, 11) is -3.61. The van der Waals surface area contributed by atoms with E-state index in [1.54, 1.807) is 24.3 Å². The van der Waals surface area contributed by atoms with Gasteiger partial charge in [0.25, 0.3) is 10.0 Å². The van der Waals surface area contributed by atoms with Crippen LogP contribution in [0.2, 0.25) is 0 Å². The number of ether oxygens (including phenoxy) is 1. The standard InChI is InChI=1S/C17H21NO3S/c1-5-21-16-8-6-15(7-9-16)18-22(19,20)17-13(3)10-12(2)11-14(17)4/h6-11,18H,5H2,1-4H3. The number of sulfonamides is 1. The van der Waals surface area contributed by atoms with E-state index in [0.29, 0.717) is 22.9 Å². The highest BCUT2D eigenvalue weighted by atomic mass is 32.2. The van der Waals surface area contributed by atoms with E-state index in [1.807, 2.05) is 39.8 Å². The summed E-state index contributed by atoms with van der Waals surface area (Å²) in [5.74, 6) is 0.716. The minimum atomic E-state index is -3.61. The van der Waals surface area contributed by atoms with Gasteiger partial charge in [0.15, 0.2) is 0 Å². The third-order valence-electron chi connectivity index (χ3n) is 3.29. The molecule has 0 aliphatic heterocycles. The van der Waals surface area contributed by atoms with Crippen molar-refractivity contribution in [2.24, 2.45) is 0 Å². The van der Waals surface area contributed by atoms with Crippen LogP contribution in [0.4, 0.5) is 5.69 Å². The topological polar surface area (TPSA) is 55.4 Å². The molecule has 0 saturated carbocycles. The van der Waals surface area contributed by atoms with Gasteiger partial charge in [-0.15, -0.1) is 0 Å². The van der Waals surface area contributed by atoms with Crippen molar-refractivity contribution in [2.75, 3.05) is 11.3 Å². The summed E-state index contributed by atoms with van der Waals surface area (Å²) in [6.45, 7) is 8.06. The van der Waals surface area contributed by atoms with E-state index in [-0.39, 0.29) is 0 Å². The van der Waals surface area contributed by atoms with Crippen molar-refractivity contribution in [1.82, 2.24) is 0 Å². The Bertz CT molecular complexity index is 742. The van der Waals surface area contributed by atoms with Gasteiger partial charge in [-0.3, -0.25) is 4.72 Å². The Hall–Kier alpha value is -2.01. The SMILES string of the molecule is CCOc1ccc(NS(=O)(=O)c2c(C)cc(C)cc2C)cc1. The molecule has 2 rings (SSSR count). The Balaban J connectivity index is 2.32. The van der Waals surface area contributed by atoms with Crippen LogP contribution in [-0.4, -0.2) is 15.0 Å². The van der Waals surface area contributed by atoms with E-state index >= 15 is 0 Å². The minimum Gasteiger partial charge on any atom is -0.494 e. The maximum atomic E-state index is 12.6. The molecule has 0 aliphatic carbocycles. The van der Waals surface area contributed by atoms with Crippen molar-refractivity contribution < 1.29 is 13.2 Å². The van der Waals surface area contributed by atoms with Gasteiger partial charge >= 0.3 is 0 Å². The van der Waals surface area contributed by atoms with Crippen LogP contribution in [0.25, 0.3) is 0 Å². The fraction of sp³-hybridized carbons (Fsp3) is 0.294. The van der Waals surface area contributed by atoms with Crippen molar-refractivity contribution in [3.63, 3.8) is 0 Å². The lowest BCUT2D eigenvalue weighted by Crippen LogP contribution is -2.15. The smallest absolute Gasteiger partial charge is 0.262 e. The number of anilines is 1. The van der Waals surface area contributed by atoms with Crippen LogP contribution in [0.1, 0.15) is 23.6 Å². The summed E-state index contributed by atoms with van der Waals surface area (Å²) in [5.41, 5.74) is 3.06. The third kappa shape index (κ3) is 3.60. The Morgan fingerprint density at radius 2 is 1.55 bits per heavy atom. The lowest BCUT2D eigenvalue weighted by atomic mass is 10.1. The van der Waals surface area contributed by atoms with Crippen LogP contribution in [0.5, 0.6) is 5.75 Å². The van der Waals surface area contributed by atoms with Crippen molar-refractivity contribution in [3.8, 4) is 5.75 Å². The molecule has 4 nitrogen and oxygen atoms in total. The number of benzene rings is 2. The zero-order valence-electron chi connectivity index (χ0n) is 13.3. The predicted octanol–water partition coefficient (Wildman–Crippen LogP) is 3.81. The third-order valence-corrected chi connectivity index (χ3v) is 4.98. The molecule has 5 heteroatoms. The van der Waals surface area contributed by atoms with Crippen molar-refractivity contribution in [2.45, 2.75) is 32.6 Å². The van der Waals surface area contributed by atoms with Gasteiger partial charge in [-0.25, -0.2) is 8.42 Å². The largest absolute Gasteiger partial charge is 0.494 e. The highest BCUT2D eigenvalue weighted by molar-refractivity contribution is 7.92. The van der Waals surface area contributed by atoms with E-state index in [2.05, 4.69) is 4.72 Å². The number of rotatable bonds is 5. The van der Waals surface area contributed by atoms with E-state index < -0.39 is 10.0 Å². The maximum Gasteiger partial charge on any atom is 0.262 e. The Morgan fingerprint density at radius 1 is 1.00 bits per heavy atom. The van der Waals surface area contributed by atoms with E-state index in [9.17, 15) is 8.42 Å². The fourth-order valence-corrected chi connectivity index (χ4v) is 4.10. The van der Waals surface area contributed by atoms with Crippen molar-refractivity contribution in [3.05, 3.63) is 53.1 Å². The number of nitrogens with one attached hydrogen (secondary N) is 1. The Kier molecular flexibility index (Phi) is 4.76. The van der Waals surface area contributed by atoms with Gasteiger partial charge in [-0.05, 0) is 63.1 Å². The van der Waals surface area contributed by atoms with Gasteiger partial charge in [0, 0.05) is 5.69 Å². The van der Waals surface area contributed by atoms with E-state index in [1.165, 1.54) is 0 Å². The molecule has 0 spiro atoms. The Labute approximate surface area is 132 Å². The summed E-state index contributed by atoms with van der Waals surface area (Å²) in [4.78, 5) is 0.340. The summed E-state index contributed by atoms with van der Waals surface area (Å²) in [6.07, 6.45) is 0. The molecule has 0 fully saturated rings. The lowest BCUT2D eigenvalue weighted by Gasteiger charge is -2.14. The molecule has 0 radical (unpaired) electrons. The summed E-state index contributed by atoms with van der Waals surface area (Å²) >= 11 is 0. The number of hydrogen-bond acceptors (Lipinski definition) is 3. The van der Waals surface area contributed by atoms with Gasteiger partial charge in [0.05, 0.1) is 11.5 Å². The van der Waals surface area contributed by atoms with Crippen molar-refractivity contribution >= 4 is 15.7 Å². The second kappa shape index (κ2) is 6.40. The Morgan fingerprint density at radius 3 is 2.05 bits per heavy atom. The molecular weight excluding hydrogens is 298 g/mol. The van der Waals surface area contributed by atoms with E-state index in [4.69, 9.17) is 4.74 Å². The quantitative estimate of drug-likeness (QED) is 0.911. The molecule has 0 atom stereocenters. The van der Waals surface area contributed by atoms with Crippen molar-refractivity contribution in [1.29, 1.82) is 0 Å². The van der Waals surface area contributed by atoms with Crippen LogP contribution >= 0.6 is 0 Å². The minimum absolute atomic E-state index is 0.340. The molecule has 0 unspecified atom stereocenters. The first-order valence-corrected chi connectivity index (χ1v) is 8.65. The first-order chi connectivity index (χ1) is 10.3. The van der Waals surface area contributed by atoms with Gasteiger partial charge < -0.3 is 4.74 Å². The predicted molar refractivity (Wildman–Crippen MR) is 89.1 cm³/mol. The second-order valence-corrected chi connectivity index (χ2v) is 6.91. The zero-order chi connectivity index (χ0) is 16.3. The highest BCUT2D eigenvalue weighted by Crippen LogP contribution is 2.25. The van der Waals surface area contributed by atoms with Crippen LogP contribution in [0.15, 0.2) is 41.3 Å². The van der Waals surface area contributed by atoms with Gasteiger partial charge in [0.1, 0.15) is 5.75 Å². The molecule has 0 aromatic heterocycles. The second-order valence-electron chi connectivity index (χ2n) is 5.29. The molecule has 0 saturated heterocycles. The zero-order valence-corrected chi connectivity index (χ0v) is 14.1. The summed E-state index contributed by atoms with van der Waals surface area (Å²) in [6, 6.07) is 10.6. The van der Waals surface area contributed by atoms with Crippen LogP contribution in [0.3, 0.4) is 0 Å². The van der Waals surface area contributed by atoms with Crippen LogP contribution in [-0.2, 0) is 10.0 Å². The normalized spacial score (nSPS) is 11.3. The average molecular weight is 319 g/mol. The molecule has 0 aliphatic rings. The monoisotopic (exact) mass is 319 g/mol. The van der Waals surface area contributed by atoms with Gasteiger partial charge in [-0.2, -0.15) is 0 Å². The summed E-state index contributed by atoms with van der Waals surface area (Å²) in [5, 5.41) is 0. The number of hydrogen-bond donors (Lipinski definition) is 1. The molecule has 2 aromatic carbocycles. The first-order valence-electron chi connectivity index (χ1n) is 7.17. The highest BCUT2D eigenvalue weighted by Gasteiger charge is 2.19. The van der Waals surface area contributed by atoms with Crippen LogP contribution < -0.4 is 9.46 Å². The number of aryl methyl sites for hydroxylation is 3. The lowest BCUT2D eigenvalue weighted by molar-refractivity contribution is 0.340. The van der Waals surface area contributed by atoms with Gasteiger partial charge in [-0.1, -0.05) is 17.7 Å². The summed E-state index contributed by atoms with van der Waals surface area (Å²) < 4.78 is 33.2. The molecular formula is C17H21NO3S. The molecule has 0 heterocycles. The molecule has 22 heavy (non-hydrogen) atoms. The van der Waals surface area contributed by atoms with Gasteiger partial charge in [0.2, 0.25) is 0 Å². The molecule has 1 N–H and O–H groups in total. The average Bonchev–Trinajstić information content (AvgIpc) is 2.39. The molecule has 2 aromatic rings. The first kappa shape index (κ1) is 16.4. The fourth-order valence-electron chi connectivity index (χ4n) is 2.58. The molecule has 0 bridgehead atoms. The van der Waals surface area contributed by atoms with E-state index in [0.717, 1.165) is 16.7 Å². The molecule has 118 valence electrons. The maximum absolute atomic E-state index is 12.6. The van der Waals surface area contributed by atoms with Crippen LogP contribution in [0, 0.1) is 20.8 Å².